The zero-order valence-electron chi connectivity index (χ0n) is 8.29. The number of rotatable bonds is 3. The summed E-state index contributed by atoms with van der Waals surface area (Å²) in [5.74, 6) is 1.66. The molecule has 1 aliphatic carbocycles. The van der Waals surface area contributed by atoms with Gasteiger partial charge in [-0.1, -0.05) is 0 Å². The van der Waals surface area contributed by atoms with Crippen molar-refractivity contribution in [2.75, 3.05) is 18.1 Å². The quantitative estimate of drug-likeness (QED) is 0.752. The van der Waals surface area contributed by atoms with E-state index in [1.54, 1.807) is 0 Å². The Morgan fingerprint density at radius 2 is 2.07 bits per heavy atom. The maximum absolute atomic E-state index is 11.1. The fourth-order valence-corrected chi connectivity index (χ4v) is 3.12. The predicted octanol–water partition coefficient (Wildman–Crippen LogP) is 0.791. The van der Waals surface area contributed by atoms with E-state index in [2.05, 4.69) is 11.4 Å². The van der Waals surface area contributed by atoms with E-state index in [-0.39, 0.29) is 5.41 Å². The molecule has 2 rings (SSSR count). The van der Waals surface area contributed by atoms with Crippen LogP contribution >= 0.6 is 0 Å². The van der Waals surface area contributed by atoms with E-state index in [0.717, 1.165) is 43.7 Å². The highest BCUT2D eigenvalue weighted by Gasteiger charge is 2.43. The van der Waals surface area contributed by atoms with Crippen molar-refractivity contribution in [1.29, 1.82) is 5.26 Å². The third-order valence-corrected chi connectivity index (χ3v) is 4.59. The van der Waals surface area contributed by atoms with Gasteiger partial charge in [0.25, 0.3) is 0 Å². The first-order chi connectivity index (χ1) is 6.74. The molecule has 78 valence electrons. The maximum Gasteiger partial charge on any atom is 0.0703 e. The van der Waals surface area contributed by atoms with Crippen molar-refractivity contribution in [2.45, 2.75) is 31.7 Å². The average Bonchev–Trinajstić information content (AvgIpc) is 2.98. The van der Waals surface area contributed by atoms with Gasteiger partial charge in [-0.15, -0.1) is 0 Å². The number of hydrogen-bond donors (Lipinski definition) is 1. The van der Waals surface area contributed by atoms with Crippen LogP contribution in [0, 0.1) is 16.7 Å². The zero-order valence-corrected chi connectivity index (χ0v) is 9.11. The van der Waals surface area contributed by atoms with Gasteiger partial charge in [-0.3, -0.25) is 4.21 Å². The molecule has 2 aliphatic rings. The summed E-state index contributed by atoms with van der Waals surface area (Å²) in [6.07, 6.45) is 4.12. The second-order valence-corrected chi connectivity index (χ2v) is 6.09. The standard InChI is InChI=1S/C10H16N2OS/c11-7-10(3-4-10)8-12-9-1-5-14(13)6-2-9/h9,12H,1-6,8H2. The normalized spacial score (nSPS) is 34.8. The lowest BCUT2D eigenvalue weighted by atomic mass is 10.1. The molecule has 0 spiro atoms. The Balaban J connectivity index is 1.71. The molecule has 0 amide bonds. The third kappa shape index (κ3) is 2.34. The Kier molecular flexibility index (Phi) is 2.89. The summed E-state index contributed by atoms with van der Waals surface area (Å²) in [7, 11) is -0.577. The first kappa shape index (κ1) is 10.1. The smallest absolute Gasteiger partial charge is 0.0703 e. The van der Waals surface area contributed by atoms with Crippen LogP contribution in [0.1, 0.15) is 25.7 Å². The van der Waals surface area contributed by atoms with Gasteiger partial charge in [0.05, 0.1) is 11.5 Å². The third-order valence-electron chi connectivity index (χ3n) is 3.21. The second kappa shape index (κ2) is 4.00. The average molecular weight is 212 g/mol. The molecule has 1 saturated carbocycles. The summed E-state index contributed by atoms with van der Waals surface area (Å²) in [6, 6.07) is 2.88. The molecule has 0 aromatic carbocycles. The molecular formula is C10H16N2OS. The minimum absolute atomic E-state index is 0.0450. The lowest BCUT2D eigenvalue weighted by Crippen LogP contribution is -2.38. The van der Waals surface area contributed by atoms with E-state index < -0.39 is 10.8 Å². The molecule has 3 nitrogen and oxygen atoms in total. The molecule has 1 heterocycles. The van der Waals surface area contributed by atoms with E-state index in [9.17, 15) is 4.21 Å². The zero-order chi connectivity index (χ0) is 10.0. The molecule has 1 N–H and O–H groups in total. The van der Waals surface area contributed by atoms with E-state index in [4.69, 9.17) is 5.26 Å². The highest BCUT2D eigenvalue weighted by atomic mass is 32.2. The Hall–Kier alpha value is -0.400. The first-order valence-corrected chi connectivity index (χ1v) is 6.73. The monoisotopic (exact) mass is 212 g/mol. The number of nitrogens with zero attached hydrogens (tertiary/aromatic N) is 1. The van der Waals surface area contributed by atoms with Crippen molar-refractivity contribution in [3.63, 3.8) is 0 Å². The SMILES string of the molecule is N#CC1(CNC2CCS(=O)CC2)CC1. The number of nitrogens with one attached hydrogen (secondary N) is 1. The predicted molar refractivity (Wildman–Crippen MR) is 56.2 cm³/mol. The summed E-state index contributed by atoms with van der Waals surface area (Å²) < 4.78 is 11.1. The molecule has 0 atom stereocenters. The topological polar surface area (TPSA) is 52.9 Å². The van der Waals surface area contributed by atoms with Gasteiger partial charge in [0, 0.05) is 34.9 Å². The van der Waals surface area contributed by atoms with Gasteiger partial charge in [-0.05, 0) is 25.7 Å². The molecule has 0 aromatic heterocycles. The van der Waals surface area contributed by atoms with Gasteiger partial charge < -0.3 is 5.32 Å². The molecule has 2 fully saturated rings. The van der Waals surface area contributed by atoms with Crippen molar-refractivity contribution in [1.82, 2.24) is 5.32 Å². The first-order valence-electron chi connectivity index (χ1n) is 5.24. The van der Waals surface area contributed by atoms with Crippen molar-refractivity contribution in [3.8, 4) is 6.07 Å². The molecule has 1 aliphatic heterocycles. The van der Waals surface area contributed by atoms with Gasteiger partial charge >= 0.3 is 0 Å². The summed E-state index contributed by atoms with van der Waals surface area (Å²) in [6.45, 7) is 0.834. The minimum atomic E-state index is -0.577. The van der Waals surface area contributed by atoms with E-state index in [1.165, 1.54) is 0 Å². The molecule has 14 heavy (non-hydrogen) atoms. The van der Waals surface area contributed by atoms with Crippen molar-refractivity contribution < 1.29 is 4.21 Å². The highest BCUT2D eigenvalue weighted by Crippen LogP contribution is 2.44. The highest BCUT2D eigenvalue weighted by molar-refractivity contribution is 7.85. The lowest BCUT2D eigenvalue weighted by Gasteiger charge is -2.23. The van der Waals surface area contributed by atoms with Gasteiger partial charge in [-0.25, -0.2) is 0 Å². The van der Waals surface area contributed by atoms with Crippen LogP contribution in [-0.2, 0) is 10.8 Å². The molecule has 0 aromatic rings. The fraction of sp³-hybridized carbons (Fsp3) is 0.900. The Labute approximate surface area is 87.3 Å². The Morgan fingerprint density at radius 1 is 1.43 bits per heavy atom. The Morgan fingerprint density at radius 3 is 2.57 bits per heavy atom. The van der Waals surface area contributed by atoms with Crippen molar-refractivity contribution >= 4 is 10.8 Å². The van der Waals surface area contributed by atoms with Crippen LogP contribution in [0.5, 0.6) is 0 Å². The molecule has 0 unspecified atom stereocenters. The van der Waals surface area contributed by atoms with Gasteiger partial charge in [0.1, 0.15) is 0 Å². The van der Waals surface area contributed by atoms with E-state index >= 15 is 0 Å². The van der Waals surface area contributed by atoms with Crippen LogP contribution in [-0.4, -0.2) is 28.3 Å². The van der Waals surface area contributed by atoms with Crippen LogP contribution in [0.15, 0.2) is 0 Å². The summed E-state index contributed by atoms with van der Waals surface area (Å²) in [4.78, 5) is 0. The van der Waals surface area contributed by atoms with Crippen molar-refractivity contribution in [2.24, 2.45) is 5.41 Å². The molecule has 0 bridgehead atoms. The summed E-state index contributed by atoms with van der Waals surface area (Å²) in [5, 5.41) is 12.3. The lowest BCUT2D eigenvalue weighted by molar-refractivity contribution is 0.438. The van der Waals surface area contributed by atoms with Crippen LogP contribution < -0.4 is 5.32 Å². The summed E-state index contributed by atoms with van der Waals surface area (Å²) in [5.41, 5.74) is -0.0450. The molecule has 4 heteroatoms. The van der Waals surface area contributed by atoms with Crippen molar-refractivity contribution in [3.05, 3.63) is 0 Å². The number of hydrogen-bond acceptors (Lipinski definition) is 3. The van der Waals surface area contributed by atoms with E-state index in [1.807, 2.05) is 0 Å². The molecule has 1 saturated heterocycles. The largest absolute Gasteiger partial charge is 0.312 e. The van der Waals surface area contributed by atoms with Crippen LogP contribution in [0.3, 0.4) is 0 Å². The molecular weight excluding hydrogens is 196 g/mol. The van der Waals surface area contributed by atoms with Crippen LogP contribution in [0.2, 0.25) is 0 Å². The minimum Gasteiger partial charge on any atom is -0.312 e. The van der Waals surface area contributed by atoms with Gasteiger partial charge in [0.2, 0.25) is 0 Å². The fourth-order valence-electron chi connectivity index (χ4n) is 1.82. The van der Waals surface area contributed by atoms with Crippen LogP contribution in [0.25, 0.3) is 0 Å². The van der Waals surface area contributed by atoms with Gasteiger partial charge in [-0.2, -0.15) is 5.26 Å². The number of nitriles is 1. The summed E-state index contributed by atoms with van der Waals surface area (Å²) >= 11 is 0. The maximum atomic E-state index is 11.1. The Bertz CT molecular complexity index is 270. The van der Waals surface area contributed by atoms with E-state index in [0.29, 0.717) is 6.04 Å². The second-order valence-electron chi connectivity index (χ2n) is 4.40. The van der Waals surface area contributed by atoms with Crippen LogP contribution in [0.4, 0.5) is 0 Å². The molecule has 0 radical (unpaired) electrons. The van der Waals surface area contributed by atoms with Gasteiger partial charge in [0.15, 0.2) is 0 Å².